The Morgan fingerprint density at radius 1 is 1.32 bits per heavy atom. The molecule has 3 heterocycles. The van der Waals surface area contributed by atoms with Crippen LogP contribution in [0.2, 0.25) is 0 Å². The summed E-state index contributed by atoms with van der Waals surface area (Å²) >= 11 is 0. The molecule has 1 saturated heterocycles. The van der Waals surface area contributed by atoms with E-state index in [2.05, 4.69) is 32.0 Å². The zero-order chi connectivity index (χ0) is 13.2. The van der Waals surface area contributed by atoms with E-state index in [4.69, 9.17) is 9.78 Å². The number of H-pyrrole nitrogens is 1. The van der Waals surface area contributed by atoms with Gasteiger partial charge in [-0.05, 0) is 24.3 Å². The molecule has 0 amide bonds. The zero-order valence-electron chi connectivity index (χ0n) is 10.6. The van der Waals surface area contributed by atoms with Crippen molar-refractivity contribution in [2.75, 3.05) is 38.1 Å². The first-order chi connectivity index (χ1) is 9.26. The second kappa shape index (κ2) is 4.74. The van der Waals surface area contributed by atoms with Crippen molar-refractivity contribution in [1.82, 2.24) is 20.0 Å². The van der Waals surface area contributed by atoms with Crippen LogP contribution in [0.25, 0.3) is 11.6 Å². The average molecular weight is 258 g/mol. The highest BCUT2D eigenvalue weighted by atomic mass is 16.5. The largest absolute Gasteiger partial charge is 0.342 e. The molecule has 98 valence electrons. The van der Waals surface area contributed by atoms with Crippen LogP contribution < -0.4 is 4.90 Å². The molecule has 0 radical (unpaired) electrons. The van der Waals surface area contributed by atoms with E-state index in [-0.39, 0.29) is 0 Å². The van der Waals surface area contributed by atoms with Gasteiger partial charge < -0.3 is 19.3 Å². The molecule has 0 bridgehead atoms. The molecular formula is C12H14N6O. The maximum Gasteiger partial charge on any atom is 0.275 e. The minimum Gasteiger partial charge on any atom is -0.342 e. The number of hydrogen-bond donors (Lipinski definition) is 1. The Kier molecular flexibility index (Phi) is 2.93. The van der Waals surface area contributed by atoms with Crippen molar-refractivity contribution in [3.8, 4) is 17.7 Å². The molecule has 1 aliphatic heterocycles. The van der Waals surface area contributed by atoms with Gasteiger partial charge in [0.15, 0.2) is 0 Å². The first-order valence-electron chi connectivity index (χ1n) is 6.13. The second-order valence-corrected chi connectivity index (χ2v) is 4.59. The average Bonchev–Trinajstić information content (AvgIpc) is 3.08. The molecule has 0 unspecified atom stereocenters. The number of nitrogens with one attached hydrogen (secondary N) is 1. The molecule has 1 aliphatic rings. The molecule has 0 aromatic carbocycles. The fraction of sp³-hybridized carbons (Fsp3) is 0.417. The molecule has 7 heteroatoms. The van der Waals surface area contributed by atoms with Crippen LogP contribution in [-0.2, 0) is 0 Å². The Morgan fingerprint density at radius 3 is 2.79 bits per heavy atom. The number of piperazine rings is 1. The van der Waals surface area contributed by atoms with Gasteiger partial charge in [-0.25, -0.2) is 0 Å². The minimum atomic E-state index is 0.412. The van der Waals surface area contributed by atoms with Gasteiger partial charge in [0.05, 0.1) is 0 Å². The highest BCUT2D eigenvalue weighted by Gasteiger charge is 2.19. The van der Waals surface area contributed by atoms with Gasteiger partial charge in [-0.1, -0.05) is 0 Å². The minimum absolute atomic E-state index is 0.412. The maximum atomic E-state index is 8.77. The van der Waals surface area contributed by atoms with Crippen LogP contribution in [-0.4, -0.2) is 53.3 Å². The number of aromatic nitrogens is 3. The first-order valence-corrected chi connectivity index (χ1v) is 6.13. The van der Waals surface area contributed by atoms with Crippen LogP contribution in [0.4, 0.5) is 5.95 Å². The topological polar surface area (TPSA) is 85.0 Å². The van der Waals surface area contributed by atoms with Gasteiger partial charge in [0.25, 0.3) is 11.8 Å². The Morgan fingerprint density at radius 2 is 2.11 bits per heavy atom. The van der Waals surface area contributed by atoms with Crippen LogP contribution in [0, 0.1) is 11.3 Å². The highest BCUT2D eigenvalue weighted by Crippen LogP contribution is 2.20. The summed E-state index contributed by atoms with van der Waals surface area (Å²) in [5, 5.41) is 12.8. The molecule has 2 aromatic rings. The molecule has 1 fully saturated rings. The van der Waals surface area contributed by atoms with Gasteiger partial charge in [-0.2, -0.15) is 10.2 Å². The Bertz CT molecular complexity index is 602. The number of nitriles is 1. The number of nitrogens with zero attached hydrogens (tertiary/aromatic N) is 5. The van der Waals surface area contributed by atoms with Gasteiger partial charge in [0.2, 0.25) is 0 Å². The summed E-state index contributed by atoms with van der Waals surface area (Å²) < 4.78 is 5.23. The van der Waals surface area contributed by atoms with E-state index in [1.807, 2.05) is 6.07 Å². The van der Waals surface area contributed by atoms with Gasteiger partial charge in [0, 0.05) is 26.2 Å². The maximum absolute atomic E-state index is 8.77. The summed E-state index contributed by atoms with van der Waals surface area (Å²) in [5.74, 6) is 1.02. The van der Waals surface area contributed by atoms with Gasteiger partial charge >= 0.3 is 0 Å². The van der Waals surface area contributed by atoms with Gasteiger partial charge in [0.1, 0.15) is 17.5 Å². The van der Waals surface area contributed by atoms with Crippen LogP contribution in [0.15, 0.2) is 16.7 Å². The highest BCUT2D eigenvalue weighted by molar-refractivity contribution is 5.51. The first kappa shape index (κ1) is 11.7. The molecule has 2 aromatic heterocycles. The third-order valence-corrected chi connectivity index (χ3v) is 3.24. The van der Waals surface area contributed by atoms with E-state index in [0.29, 0.717) is 23.2 Å². The lowest BCUT2D eigenvalue weighted by Gasteiger charge is -2.31. The fourth-order valence-corrected chi connectivity index (χ4v) is 2.05. The number of likely N-dealkylation sites (N-methyl/N-ethyl adjacent to an activating group) is 1. The summed E-state index contributed by atoms with van der Waals surface area (Å²) in [6.07, 6.45) is 0. The van der Waals surface area contributed by atoms with E-state index in [1.54, 1.807) is 12.1 Å². The Balaban J connectivity index is 1.78. The van der Waals surface area contributed by atoms with Crippen molar-refractivity contribution < 1.29 is 4.52 Å². The lowest BCUT2D eigenvalue weighted by molar-refractivity contribution is 0.309. The summed E-state index contributed by atoms with van der Waals surface area (Å²) in [5.41, 5.74) is 1.15. The normalized spacial score (nSPS) is 16.5. The zero-order valence-corrected chi connectivity index (χ0v) is 10.6. The molecular weight excluding hydrogens is 244 g/mol. The third kappa shape index (κ3) is 2.30. The Hall–Kier alpha value is -2.33. The van der Waals surface area contributed by atoms with Gasteiger partial charge in [-0.15, -0.1) is 0 Å². The standard InChI is InChI=1S/C12H14N6O/c1-17-4-6-18(7-5-17)12-15-11(19-16-12)10-3-2-9(8-13)14-10/h2-3,14H,4-7H2,1H3. The van der Waals surface area contributed by atoms with Crippen LogP contribution in [0.3, 0.4) is 0 Å². The van der Waals surface area contributed by atoms with Crippen molar-refractivity contribution in [3.05, 3.63) is 17.8 Å². The number of rotatable bonds is 2. The third-order valence-electron chi connectivity index (χ3n) is 3.24. The quantitative estimate of drug-likeness (QED) is 0.853. The van der Waals surface area contributed by atoms with Crippen molar-refractivity contribution in [3.63, 3.8) is 0 Å². The summed E-state index contributed by atoms with van der Waals surface area (Å²) in [7, 11) is 2.10. The smallest absolute Gasteiger partial charge is 0.275 e. The molecule has 19 heavy (non-hydrogen) atoms. The van der Waals surface area contributed by atoms with E-state index in [0.717, 1.165) is 26.2 Å². The predicted molar refractivity (Wildman–Crippen MR) is 68.5 cm³/mol. The SMILES string of the molecule is CN1CCN(c2noc(-c3ccc(C#N)[nH]3)n2)CC1. The predicted octanol–water partition coefficient (Wildman–Crippen LogP) is 0.688. The molecule has 0 spiro atoms. The summed E-state index contributed by atoms with van der Waals surface area (Å²) in [4.78, 5) is 11.6. The van der Waals surface area contributed by atoms with E-state index < -0.39 is 0 Å². The van der Waals surface area contributed by atoms with Gasteiger partial charge in [-0.3, -0.25) is 0 Å². The van der Waals surface area contributed by atoms with E-state index >= 15 is 0 Å². The molecule has 0 saturated carbocycles. The van der Waals surface area contributed by atoms with E-state index in [1.165, 1.54) is 0 Å². The fourth-order valence-electron chi connectivity index (χ4n) is 2.05. The molecule has 3 rings (SSSR count). The van der Waals surface area contributed by atoms with Crippen molar-refractivity contribution in [2.24, 2.45) is 0 Å². The van der Waals surface area contributed by atoms with Crippen LogP contribution in [0.1, 0.15) is 5.69 Å². The summed E-state index contributed by atoms with van der Waals surface area (Å²) in [6, 6.07) is 5.48. The van der Waals surface area contributed by atoms with Crippen LogP contribution in [0.5, 0.6) is 0 Å². The number of anilines is 1. The van der Waals surface area contributed by atoms with E-state index in [9.17, 15) is 0 Å². The lowest BCUT2D eigenvalue weighted by Crippen LogP contribution is -2.44. The van der Waals surface area contributed by atoms with Crippen LogP contribution >= 0.6 is 0 Å². The molecule has 0 atom stereocenters. The van der Waals surface area contributed by atoms with Crippen molar-refractivity contribution in [2.45, 2.75) is 0 Å². The number of hydrogen-bond acceptors (Lipinski definition) is 6. The molecule has 0 aliphatic carbocycles. The molecule has 7 nitrogen and oxygen atoms in total. The monoisotopic (exact) mass is 258 g/mol. The van der Waals surface area contributed by atoms with Crippen molar-refractivity contribution in [1.29, 1.82) is 5.26 Å². The molecule has 1 N–H and O–H groups in total. The second-order valence-electron chi connectivity index (χ2n) is 4.59. The number of aromatic amines is 1. The lowest BCUT2D eigenvalue weighted by atomic mass is 10.3. The Labute approximate surface area is 110 Å². The summed E-state index contributed by atoms with van der Waals surface area (Å²) in [6.45, 7) is 3.77. The van der Waals surface area contributed by atoms with Crippen molar-refractivity contribution >= 4 is 5.95 Å².